The van der Waals surface area contributed by atoms with E-state index >= 15 is 0 Å². The second-order valence-electron chi connectivity index (χ2n) is 5.06. The van der Waals surface area contributed by atoms with E-state index in [-0.39, 0.29) is 0 Å². The molecule has 0 bridgehead atoms. The van der Waals surface area contributed by atoms with Crippen molar-refractivity contribution in [3.63, 3.8) is 0 Å². The largest absolute Gasteiger partial charge is 0.313 e. The van der Waals surface area contributed by atoms with Crippen LogP contribution in [0.2, 0.25) is 0 Å². The van der Waals surface area contributed by atoms with Crippen molar-refractivity contribution in [3.8, 4) is 0 Å². The van der Waals surface area contributed by atoms with Gasteiger partial charge in [0.05, 0.1) is 0 Å². The van der Waals surface area contributed by atoms with Gasteiger partial charge >= 0.3 is 0 Å². The van der Waals surface area contributed by atoms with Gasteiger partial charge in [0, 0.05) is 20.3 Å². The molecular weight excluding hydrogens is 330 g/mol. The molecule has 3 heteroatoms. The smallest absolute Gasteiger partial charge is 0.0300 e. The fourth-order valence-corrected chi connectivity index (χ4v) is 3.82. The zero-order valence-electron chi connectivity index (χ0n) is 12.3. The molecule has 0 saturated heterocycles. The SMILES string of the molecule is CNC(C)c1ccc(Br)cc1Sc1cc(C)ccc1C. The maximum Gasteiger partial charge on any atom is 0.0300 e. The van der Waals surface area contributed by atoms with Crippen LogP contribution in [-0.2, 0) is 0 Å². The Balaban J connectivity index is 2.41. The van der Waals surface area contributed by atoms with Gasteiger partial charge < -0.3 is 5.32 Å². The summed E-state index contributed by atoms with van der Waals surface area (Å²) in [6.07, 6.45) is 0. The molecule has 2 aromatic rings. The van der Waals surface area contributed by atoms with E-state index < -0.39 is 0 Å². The lowest BCUT2D eigenvalue weighted by Gasteiger charge is -2.17. The molecule has 0 saturated carbocycles. The van der Waals surface area contributed by atoms with Crippen LogP contribution in [0.5, 0.6) is 0 Å². The summed E-state index contributed by atoms with van der Waals surface area (Å²) in [4.78, 5) is 2.63. The molecule has 0 fully saturated rings. The van der Waals surface area contributed by atoms with Crippen molar-refractivity contribution in [2.45, 2.75) is 36.6 Å². The Morgan fingerprint density at radius 1 is 1.05 bits per heavy atom. The van der Waals surface area contributed by atoms with E-state index in [1.807, 2.05) is 18.8 Å². The molecule has 1 nitrogen and oxygen atoms in total. The van der Waals surface area contributed by atoms with Crippen LogP contribution >= 0.6 is 27.7 Å². The quantitative estimate of drug-likeness (QED) is 0.782. The highest BCUT2D eigenvalue weighted by Gasteiger charge is 2.12. The van der Waals surface area contributed by atoms with Crippen LogP contribution < -0.4 is 5.32 Å². The van der Waals surface area contributed by atoms with Gasteiger partial charge in [-0.05, 0) is 62.7 Å². The normalized spacial score (nSPS) is 12.4. The van der Waals surface area contributed by atoms with E-state index in [1.165, 1.54) is 26.5 Å². The molecule has 20 heavy (non-hydrogen) atoms. The third kappa shape index (κ3) is 3.66. The van der Waals surface area contributed by atoms with E-state index in [1.54, 1.807) is 0 Å². The molecule has 0 radical (unpaired) electrons. The molecular formula is C17H20BrNS. The topological polar surface area (TPSA) is 12.0 Å². The lowest BCUT2D eigenvalue weighted by atomic mass is 10.1. The molecule has 1 N–H and O–H groups in total. The average Bonchev–Trinajstić information content (AvgIpc) is 2.42. The van der Waals surface area contributed by atoms with Crippen molar-refractivity contribution >= 4 is 27.7 Å². The number of rotatable bonds is 4. The van der Waals surface area contributed by atoms with E-state index in [4.69, 9.17) is 0 Å². The van der Waals surface area contributed by atoms with Crippen molar-refractivity contribution in [1.29, 1.82) is 0 Å². The Kier molecular flexibility index (Phi) is 5.30. The third-order valence-electron chi connectivity index (χ3n) is 3.44. The zero-order chi connectivity index (χ0) is 14.7. The van der Waals surface area contributed by atoms with Gasteiger partial charge in [-0.3, -0.25) is 0 Å². The highest BCUT2D eigenvalue weighted by atomic mass is 79.9. The van der Waals surface area contributed by atoms with E-state index in [0.717, 1.165) is 4.47 Å². The van der Waals surface area contributed by atoms with Crippen LogP contribution in [0, 0.1) is 13.8 Å². The molecule has 0 aliphatic rings. The summed E-state index contributed by atoms with van der Waals surface area (Å²) in [5, 5.41) is 3.32. The molecule has 106 valence electrons. The van der Waals surface area contributed by atoms with Gasteiger partial charge in [-0.25, -0.2) is 0 Å². The van der Waals surface area contributed by atoms with Crippen LogP contribution in [0.15, 0.2) is 50.7 Å². The first kappa shape index (κ1) is 15.6. The maximum absolute atomic E-state index is 3.58. The fraction of sp³-hybridized carbons (Fsp3) is 0.294. The number of benzene rings is 2. The van der Waals surface area contributed by atoms with E-state index in [9.17, 15) is 0 Å². The zero-order valence-corrected chi connectivity index (χ0v) is 14.7. The Hall–Kier alpha value is -0.770. The first-order valence-electron chi connectivity index (χ1n) is 6.73. The van der Waals surface area contributed by atoms with Gasteiger partial charge in [-0.1, -0.05) is 45.9 Å². The van der Waals surface area contributed by atoms with Gasteiger partial charge in [-0.2, -0.15) is 0 Å². The molecule has 0 amide bonds. The first-order chi connectivity index (χ1) is 9.51. The van der Waals surface area contributed by atoms with E-state index in [0.29, 0.717) is 6.04 Å². The summed E-state index contributed by atoms with van der Waals surface area (Å²) in [5.41, 5.74) is 3.96. The van der Waals surface area contributed by atoms with Crippen LogP contribution in [0.3, 0.4) is 0 Å². The second kappa shape index (κ2) is 6.79. The van der Waals surface area contributed by atoms with Gasteiger partial charge in [0.1, 0.15) is 0 Å². The van der Waals surface area contributed by atoms with Crippen molar-refractivity contribution in [2.75, 3.05) is 7.05 Å². The highest BCUT2D eigenvalue weighted by Crippen LogP contribution is 2.37. The molecule has 0 spiro atoms. The lowest BCUT2D eigenvalue weighted by molar-refractivity contribution is 0.641. The van der Waals surface area contributed by atoms with Crippen LogP contribution in [-0.4, -0.2) is 7.05 Å². The predicted molar refractivity (Wildman–Crippen MR) is 91.7 cm³/mol. The standard InChI is InChI=1S/C17H20BrNS/c1-11-5-6-12(2)16(9-11)20-17-10-14(18)7-8-15(17)13(3)19-4/h5-10,13,19H,1-4H3. The number of aryl methyl sites for hydroxylation is 2. The number of nitrogens with one attached hydrogen (secondary N) is 1. The molecule has 1 atom stereocenters. The summed E-state index contributed by atoms with van der Waals surface area (Å²) < 4.78 is 1.12. The monoisotopic (exact) mass is 349 g/mol. The molecule has 0 aromatic heterocycles. The summed E-state index contributed by atoms with van der Waals surface area (Å²) in [7, 11) is 2.00. The van der Waals surface area contributed by atoms with Crippen molar-refractivity contribution in [1.82, 2.24) is 5.32 Å². The summed E-state index contributed by atoms with van der Waals surface area (Å²) in [6.45, 7) is 6.50. The molecule has 2 rings (SSSR count). The van der Waals surface area contributed by atoms with Crippen LogP contribution in [0.1, 0.15) is 29.7 Å². The second-order valence-corrected chi connectivity index (χ2v) is 7.06. The summed E-state index contributed by atoms with van der Waals surface area (Å²) in [5.74, 6) is 0. The van der Waals surface area contributed by atoms with Crippen LogP contribution in [0.4, 0.5) is 0 Å². The third-order valence-corrected chi connectivity index (χ3v) is 5.17. The highest BCUT2D eigenvalue weighted by molar-refractivity contribution is 9.10. The minimum Gasteiger partial charge on any atom is -0.313 e. The van der Waals surface area contributed by atoms with Gasteiger partial charge in [0.15, 0.2) is 0 Å². The van der Waals surface area contributed by atoms with Gasteiger partial charge in [-0.15, -0.1) is 0 Å². The summed E-state index contributed by atoms with van der Waals surface area (Å²) in [6, 6.07) is 13.5. The first-order valence-corrected chi connectivity index (χ1v) is 8.34. The fourth-order valence-electron chi connectivity index (χ4n) is 2.05. The minimum absolute atomic E-state index is 0.343. The Labute approximate surface area is 134 Å². The molecule has 0 heterocycles. The Morgan fingerprint density at radius 3 is 2.50 bits per heavy atom. The van der Waals surface area contributed by atoms with Crippen molar-refractivity contribution in [2.24, 2.45) is 0 Å². The van der Waals surface area contributed by atoms with Crippen LogP contribution in [0.25, 0.3) is 0 Å². The predicted octanol–water partition coefficient (Wildman–Crippen LogP) is 5.50. The number of hydrogen-bond donors (Lipinski definition) is 1. The molecule has 0 aliphatic carbocycles. The minimum atomic E-state index is 0.343. The Morgan fingerprint density at radius 2 is 1.80 bits per heavy atom. The van der Waals surface area contributed by atoms with Gasteiger partial charge in [0.25, 0.3) is 0 Å². The average molecular weight is 350 g/mol. The molecule has 2 aromatic carbocycles. The van der Waals surface area contributed by atoms with E-state index in [2.05, 4.69) is 78.4 Å². The van der Waals surface area contributed by atoms with Crippen molar-refractivity contribution < 1.29 is 0 Å². The number of hydrogen-bond acceptors (Lipinski definition) is 2. The number of halogens is 1. The maximum atomic E-state index is 3.58. The Bertz CT molecular complexity index is 610. The van der Waals surface area contributed by atoms with Crippen molar-refractivity contribution in [3.05, 3.63) is 57.6 Å². The molecule has 0 aliphatic heterocycles. The van der Waals surface area contributed by atoms with Gasteiger partial charge in [0.2, 0.25) is 0 Å². The summed E-state index contributed by atoms with van der Waals surface area (Å²) >= 11 is 5.42. The lowest BCUT2D eigenvalue weighted by Crippen LogP contribution is -2.13. The molecule has 1 unspecified atom stereocenters.